The van der Waals surface area contributed by atoms with Gasteiger partial charge in [-0.05, 0) is 38.9 Å². The van der Waals surface area contributed by atoms with Gasteiger partial charge < -0.3 is 10.2 Å². The Morgan fingerprint density at radius 2 is 1.70 bits per heavy atom. The average molecular weight is 301 g/mol. The molecule has 1 rings (SSSR count). The highest BCUT2D eigenvalue weighted by Crippen LogP contribution is 2.27. The molecule has 20 heavy (non-hydrogen) atoms. The highest BCUT2D eigenvalue weighted by atomic mass is 32.2. The van der Waals surface area contributed by atoms with Crippen molar-refractivity contribution in [3.8, 4) is 0 Å². The summed E-state index contributed by atoms with van der Waals surface area (Å²) >= 11 is 2.23. The maximum atomic E-state index is 3.82. The lowest BCUT2D eigenvalue weighted by Gasteiger charge is -2.30. The van der Waals surface area contributed by atoms with E-state index in [4.69, 9.17) is 0 Å². The maximum Gasteiger partial charge on any atom is 0.0201 e. The number of nitrogens with one attached hydrogen (secondary N) is 1. The van der Waals surface area contributed by atoms with E-state index in [0.717, 1.165) is 11.3 Å². The standard InChI is InChI=1S/C17H36N2S/c1-4-13-18-16-11-9-7-8-10-12-17(16)20-15-14-19(5-2)6-3/h16-18H,4-15H2,1-3H3. The van der Waals surface area contributed by atoms with Crippen LogP contribution in [-0.2, 0) is 0 Å². The smallest absolute Gasteiger partial charge is 0.0201 e. The van der Waals surface area contributed by atoms with E-state index >= 15 is 0 Å². The van der Waals surface area contributed by atoms with Crippen LogP contribution in [-0.4, -0.2) is 48.1 Å². The van der Waals surface area contributed by atoms with Crippen molar-refractivity contribution in [1.82, 2.24) is 10.2 Å². The van der Waals surface area contributed by atoms with Crippen molar-refractivity contribution in [2.24, 2.45) is 0 Å². The van der Waals surface area contributed by atoms with Crippen LogP contribution in [0.25, 0.3) is 0 Å². The van der Waals surface area contributed by atoms with Gasteiger partial charge in [0.2, 0.25) is 0 Å². The van der Waals surface area contributed by atoms with Gasteiger partial charge in [-0.15, -0.1) is 0 Å². The molecule has 0 aromatic rings. The first-order valence-corrected chi connectivity index (χ1v) is 9.94. The fraction of sp³-hybridized carbons (Fsp3) is 1.00. The summed E-state index contributed by atoms with van der Waals surface area (Å²) in [6, 6.07) is 0.761. The Labute approximate surface area is 131 Å². The second kappa shape index (κ2) is 11.9. The van der Waals surface area contributed by atoms with Gasteiger partial charge in [-0.2, -0.15) is 11.8 Å². The van der Waals surface area contributed by atoms with Crippen molar-refractivity contribution < 1.29 is 0 Å². The molecule has 0 aliphatic heterocycles. The van der Waals surface area contributed by atoms with Crippen LogP contribution in [0.5, 0.6) is 0 Å². The van der Waals surface area contributed by atoms with Crippen LogP contribution in [0.3, 0.4) is 0 Å². The normalized spacial score (nSPS) is 24.6. The van der Waals surface area contributed by atoms with Gasteiger partial charge in [0.1, 0.15) is 0 Å². The molecule has 0 aromatic heterocycles. The summed E-state index contributed by atoms with van der Waals surface area (Å²) in [5, 5.41) is 4.67. The summed E-state index contributed by atoms with van der Waals surface area (Å²) in [7, 11) is 0. The fourth-order valence-electron chi connectivity index (χ4n) is 3.09. The molecule has 0 amide bonds. The molecule has 1 saturated carbocycles. The number of hydrogen-bond acceptors (Lipinski definition) is 3. The maximum absolute atomic E-state index is 3.82. The Balaban J connectivity index is 2.38. The first kappa shape index (κ1) is 18.3. The van der Waals surface area contributed by atoms with Gasteiger partial charge in [0, 0.05) is 23.6 Å². The Morgan fingerprint density at radius 3 is 2.35 bits per heavy atom. The monoisotopic (exact) mass is 300 g/mol. The minimum absolute atomic E-state index is 0.761. The van der Waals surface area contributed by atoms with Gasteiger partial charge in [-0.1, -0.05) is 46.5 Å². The topological polar surface area (TPSA) is 15.3 Å². The molecule has 1 N–H and O–H groups in total. The second-order valence-corrected chi connectivity index (χ2v) is 7.34. The van der Waals surface area contributed by atoms with Gasteiger partial charge >= 0.3 is 0 Å². The summed E-state index contributed by atoms with van der Waals surface area (Å²) in [5.41, 5.74) is 0. The molecule has 0 saturated heterocycles. The zero-order valence-electron chi connectivity index (χ0n) is 14.0. The lowest BCUT2D eigenvalue weighted by molar-refractivity contribution is 0.323. The van der Waals surface area contributed by atoms with Gasteiger partial charge in [0.25, 0.3) is 0 Å². The molecule has 2 atom stereocenters. The van der Waals surface area contributed by atoms with E-state index in [9.17, 15) is 0 Å². The summed E-state index contributed by atoms with van der Waals surface area (Å²) in [5.74, 6) is 1.30. The summed E-state index contributed by atoms with van der Waals surface area (Å²) in [6.45, 7) is 11.7. The van der Waals surface area contributed by atoms with Crippen LogP contribution in [0, 0.1) is 0 Å². The zero-order valence-corrected chi connectivity index (χ0v) is 14.8. The minimum atomic E-state index is 0.761. The molecule has 120 valence electrons. The van der Waals surface area contributed by atoms with Crippen LogP contribution in [0.1, 0.15) is 65.7 Å². The van der Waals surface area contributed by atoms with E-state index in [1.807, 2.05) is 0 Å². The van der Waals surface area contributed by atoms with Gasteiger partial charge in [0.05, 0.1) is 0 Å². The predicted molar refractivity (Wildman–Crippen MR) is 93.8 cm³/mol. The predicted octanol–water partition coefficient (Wildman–Crippen LogP) is 4.15. The summed E-state index contributed by atoms with van der Waals surface area (Å²) < 4.78 is 0. The third kappa shape index (κ3) is 7.33. The molecule has 0 aromatic carbocycles. The molecule has 2 unspecified atom stereocenters. The van der Waals surface area contributed by atoms with E-state index in [-0.39, 0.29) is 0 Å². The van der Waals surface area contributed by atoms with Crippen LogP contribution in [0.2, 0.25) is 0 Å². The second-order valence-electron chi connectivity index (χ2n) is 5.99. The largest absolute Gasteiger partial charge is 0.313 e. The van der Waals surface area contributed by atoms with Crippen molar-refractivity contribution in [3.63, 3.8) is 0 Å². The Hall–Kier alpha value is 0.270. The Kier molecular flexibility index (Phi) is 10.9. The highest BCUT2D eigenvalue weighted by Gasteiger charge is 2.22. The van der Waals surface area contributed by atoms with Crippen molar-refractivity contribution in [2.75, 3.05) is 31.9 Å². The molecule has 1 aliphatic carbocycles. The lowest BCUT2D eigenvalue weighted by atomic mass is 9.96. The van der Waals surface area contributed by atoms with Crippen LogP contribution in [0.4, 0.5) is 0 Å². The van der Waals surface area contributed by atoms with E-state index in [1.54, 1.807) is 0 Å². The Bertz CT molecular complexity index is 217. The quantitative estimate of drug-likeness (QED) is 0.688. The minimum Gasteiger partial charge on any atom is -0.313 e. The lowest BCUT2D eigenvalue weighted by Crippen LogP contribution is -2.40. The summed E-state index contributed by atoms with van der Waals surface area (Å²) in [4.78, 5) is 2.55. The number of hydrogen-bond donors (Lipinski definition) is 1. The van der Waals surface area contributed by atoms with Gasteiger partial charge in [-0.3, -0.25) is 0 Å². The molecule has 1 fully saturated rings. The third-order valence-electron chi connectivity index (χ3n) is 4.49. The zero-order chi connectivity index (χ0) is 14.6. The molecule has 0 radical (unpaired) electrons. The third-order valence-corrected chi connectivity index (χ3v) is 5.90. The van der Waals surface area contributed by atoms with Crippen LogP contribution in [0.15, 0.2) is 0 Å². The first-order valence-electron chi connectivity index (χ1n) is 8.89. The van der Waals surface area contributed by atoms with E-state index in [1.165, 1.54) is 76.9 Å². The van der Waals surface area contributed by atoms with E-state index < -0.39 is 0 Å². The molecule has 0 bridgehead atoms. The molecule has 0 spiro atoms. The van der Waals surface area contributed by atoms with Crippen molar-refractivity contribution >= 4 is 11.8 Å². The number of rotatable bonds is 9. The molecule has 1 aliphatic rings. The SMILES string of the molecule is CCCNC1CCCCCCC1SCCN(CC)CC. The Morgan fingerprint density at radius 1 is 1.00 bits per heavy atom. The van der Waals surface area contributed by atoms with Crippen LogP contribution >= 0.6 is 11.8 Å². The molecule has 3 heteroatoms. The molecular weight excluding hydrogens is 264 g/mol. The molecule has 2 nitrogen and oxygen atoms in total. The van der Waals surface area contributed by atoms with Crippen LogP contribution < -0.4 is 5.32 Å². The van der Waals surface area contributed by atoms with E-state index in [0.29, 0.717) is 0 Å². The van der Waals surface area contributed by atoms with Crippen molar-refractivity contribution in [3.05, 3.63) is 0 Å². The van der Waals surface area contributed by atoms with Gasteiger partial charge in [-0.25, -0.2) is 0 Å². The summed E-state index contributed by atoms with van der Waals surface area (Å²) in [6.07, 6.45) is 9.83. The molecule has 0 heterocycles. The average Bonchev–Trinajstić information content (AvgIpc) is 2.45. The first-order chi connectivity index (χ1) is 9.81. The van der Waals surface area contributed by atoms with Gasteiger partial charge in [0.15, 0.2) is 0 Å². The number of thioether (sulfide) groups is 1. The van der Waals surface area contributed by atoms with Crippen molar-refractivity contribution in [1.29, 1.82) is 0 Å². The number of nitrogens with zero attached hydrogens (tertiary/aromatic N) is 1. The van der Waals surface area contributed by atoms with E-state index in [2.05, 4.69) is 42.7 Å². The highest BCUT2D eigenvalue weighted by molar-refractivity contribution is 8.00. The fourth-order valence-corrected chi connectivity index (χ4v) is 4.55. The molecular formula is C17H36N2S. The van der Waals surface area contributed by atoms with Crippen molar-refractivity contribution in [2.45, 2.75) is 77.0 Å².